The molecule has 21 heavy (non-hydrogen) atoms. The number of rotatable bonds is 5. The topological polar surface area (TPSA) is 49.4 Å². The minimum Gasteiger partial charge on any atom is -0.370 e. The summed E-state index contributed by atoms with van der Waals surface area (Å²) in [6, 6.07) is 7.23. The third kappa shape index (κ3) is 3.58. The van der Waals surface area contributed by atoms with Gasteiger partial charge in [0.25, 0.3) is 0 Å². The van der Waals surface area contributed by atoms with Crippen molar-refractivity contribution in [3.8, 4) is 0 Å². The molecule has 2 fully saturated rings. The van der Waals surface area contributed by atoms with Gasteiger partial charge >= 0.3 is 0 Å². The van der Waals surface area contributed by atoms with Gasteiger partial charge in [0.1, 0.15) is 0 Å². The Bertz CT molecular complexity index is 623. The molecule has 1 saturated carbocycles. The highest BCUT2D eigenvalue weighted by atomic mass is 32.2. The third-order valence-corrected chi connectivity index (χ3v) is 6.28. The maximum atomic E-state index is 11.7. The number of anilines is 1. The Morgan fingerprint density at radius 3 is 2.67 bits per heavy atom. The molecule has 1 aromatic carbocycles. The molecule has 116 valence electrons. The van der Waals surface area contributed by atoms with Crippen LogP contribution in [-0.2, 0) is 16.4 Å². The Balaban J connectivity index is 1.79. The van der Waals surface area contributed by atoms with E-state index in [9.17, 15) is 8.42 Å². The van der Waals surface area contributed by atoms with Crippen LogP contribution >= 0.6 is 0 Å². The third-order valence-electron chi connectivity index (χ3n) is 4.53. The molecule has 1 atom stereocenters. The van der Waals surface area contributed by atoms with Crippen LogP contribution in [0.3, 0.4) is 0 Å². The maximum absolute atomic E-state index is 11.7. The van der Waals surface area contributed by atoms with E-state index in [1.54, 1.807) is 0 Å². The van der Waals surface area contributed by atoms with Crippen molar-refractivity contribution >= 4 is 15.5 Å². The molecule has 0 aromatic heterocycles. The van der Waals surface area contributed by atoms with Gasteiger partial charge in [-0.3, -0.25) is 0 Å². The number of hydrogen-bond acceptors (Lipinski definition) is 4. The van der Waals surface area contributed by atoms with E-state index in [4.69, 9.17) is 0 Å². The molecule has 1 heterocycles. The predicted octanol–water partition coefficient (Wildman–Crippen LogP) is 1.87. The van der Waals surface area contributed by atoms with E-state index in [0.29, 0.717) is 11.8 Å². The molecule has 0 amide bonds. The van der Waals surface area contributed by atoms with Crippen LogP contribution in [0.2, 0.25) is 0 Å². The molecule has 5 heteroatoms. The molecular formula is C16H24N2O2S. The second kappa shape index (κ2) is 5.61. The first kappa shape index (κ1) is 14.9. The van der Waals surface area contributed by atoms with E-state index in [2.05, 4.69) is 35.3 Å². The quantitative estimate of drug-likeness (QED) is 0.902. The fraction of sp³-hybridized carbons (Fsp3) is 0.625. The summed E-state index contributed by atoms with van der Waals surface area (Å²) >= 11 is 0. The molecule has 1 unspecified atom stereocenters. The van der Waals surface area contributed by atoms with Gasteiger partial charge < -0.3 is 10.2 Å². The Labute approximate surface area is 127 Å². The van der Waals surface area contributed by atoms with E-state index in [0.717, 1.165) is 18.7 Å². The van der Waals surface area contributed by atoms with Crippen molar-refractivity contribution in [3.05, 3.63) is 29.3 Å². The van der Waals surface area contributed by atoms with Gasteiger partial charge in [-0.15, -0.1) is 0 Å². The summed E-state index contributed by atoms with van der Waals surface area (Å²) < 4.78 is 23.4. The van der Waals surface area contributed by atoms with E-state index in [1.807, 2.05) is 7.05 Å². The van der Waals surface area contributed by atoms with Gasteiger partial charge in [-0.2, -0.15) is 0 Å². The predicted molar refractivity (Wildman–Crippen MR) is 86.5 cm³/mol. The van der Waals surface area contributed by atoms with E-state index in [1.165, 1.54) is 24.0 Å². The second-order valence-electron chi connectivity index (χ2n) is 6.46. The first-order valence-electron chi connectivity index (χ1n) is 7.71. The minimum atomic E-state index is -2.84. The molecule has 2 aliphatic rings. The van der Waals surface area contributed by atoms with E-state index >= 15 is 0 Å². The summed E-state index contributed by atoms with van der Waals surface area (Å²) in [6.45, 7) is 2.97. The van der Waals surface area contributed by atoms with Crippen molar-refractivity contribution in [2.75, 3.05) is 23.5 Å². The monoisotopic (exact) mass is 308 g/mol. The van der Waals surface area contributed by atoms with Crippen molar-refractivity contribution in [2.45, 2.75) is 44.8 Å². The average Bonchev–Trinajstić information content (AvgIpc) is 3.18. The summed E-state index contributed by atoms with van der Waals surface area (Å²) in [5.74, 6) is 0.608. The SMILES string of the molecule is Cc1ccc(N(C)C2CCS(=O)(=O)C2)c(CNC2CC2)c1. The summed E-state index contributed by atoms with van der Waals surface area (Å²) in [5.41, 5.74) is 3.68. The molecular weight excluding hydrogens is 284 g/mol. The molecule has 3 rings (SSSR count). The van der Waals surface area contributed by atoms with Crippen molar-refractivity contribution in [1.82, 2.24) is 5.32 Å². The molecule has 0 spiro atoms. The standard InChI is InChI=1S/C16H24N2O2S/c1-12-3-6-16(13(9-12)10-17-14-4-5-14)18(2)15-7-8-21(19,20)11-15/h3,6,9,14-15,17H,4-5,7-8,10-11H2,1-2H3. The smallest absolute Gasteiger partial charge is 0.152 e. The van der Waals surface area contributed by atoms with Gasteiger partial charge in [0.05, 0.1) is 11.5 Å². The van der Waals surface area contributed by atoms with Crippen molar-refractivity contribution in [2.24, 2.45) is 0 Å². The lowest BCUT2D eigenvalue weighted by Crippen LogP contribution is -2.33. The molecule has 1 aromatic rings. The highest BCUT2D eigenvalue weighted by Crippen LogP contribution is 2.28. The van der Waals surface area contributed by atoms with Crippen molar-refractivity contribution in [3.63, 3.8) is 0 Å². The first-order chi connectivity index (χ1) is 9.94. The number of sulfone groups is 1. The fourth-order valence-corrected chi connectivity index (χ4v) is 4.79. The van der Waals surface area contributed by atoms with Crippen LogP contribution in [0.5, 0.6) is 0 Å². The Morgan fingerprint density at radius 2 is 2.05 bits per heavy atom. The number of hydrogen-bond donors (Lipinski definition) is 1. The molecule has 0 bridgehead atoms. The van der Waals surface area contributed by atoms with E-state index in [-0.39, 0.29) is 11.8 Å². The lowest BCUT2D eigenvalue weighted by atomic mass is 10.1. The molecule has 4 nitrogen and oxygen atoms in total. The normalized spacial score (nSPS) is 24.2. The van der Waals surface area contributed by atoms with Crippen LogP contribution in [0.15, 0.2) is 18.2 Å². The highest BCUT2D eigenvalue weighted by molar-refractivity contribution is 7.91. The molecule has 1 N–H and O–H groups in total. The van der Waals surface area contributed by atoms with Gasteiger partial charge in [-0.1, -0.05) is 17.7 Å². The number of benzene rings is 1. The summed E-state index contributed by atoms with van der Waals surface area (Å²) in [6.07, 6.45) is 3.29. The van der Waals surface area contributed by atoms with Crippen molar-refractivity contribution in [1.29, 1.82) is 0 Å². The van der Waals surface area contributed by atoms with Gasteiger partial charge in [-0.05, 0) is 37.8 Å². The van der Waals surface area contributed by atoms with Crippen LogP contribution in [0.25, 0.3) is 0 Å². The Morgan fingerprint density at radius 1 is 1.29 bits per heavy atom. The van der Waals surface area contributed by atoms with Gasteiger partial charge in [0.2, 0.25) is 0 Å². The Hall–Kier alpha value is -1.07. The largest absolute Gasteiger partial charge is 0.370 e. The molecule has 1 aliphatic heterocycles. The minimum absolute atomic E-state index is 0.109. The fourth-order valence-electron chi connectivity index (χ4n) is 3.02. The summed E-state index contributed by atoms with van der Waals surface area (Å²) in [4.78, 5) is 2.16. The molecule has 1 aliphatic carbocycles. The van der Waals surface area contributed by atoms with Gasteiger partial charge in [0.15, 0.2) is 9.84 Å². The first-order valence-corrected chi connectivity index (χ1v) is 9.53. The number of aryl methyl sites for hydroxylation is 1. The molecule has 0 radical (unpaired) electrons. The lowest BCUT2D eigenvalue weighted by molar-refractivity contribution is 0.600. The maximum Gasteiger partial charge on any atom is 0.152 e. The average molecular weight is 308 g/mol. The van der Waals surface area contributed by atoms with Crippen LogP contribution in [0, 0.1) is 6.92 Å². The summed E-state index contributed by atoms with van der Waals surface area (Å²) in [5, 5.41) is 3.56. The highest BCUT2D eigenvalue weighted by Gasteiger charge is 2.31. The summed E-state index contributed by atoms with van der Waals surface area (Å²) in [7, 11) is -0.818. The van der Waals surface area contributed by atoms with Gasteiger partial charge in [-0.25, -0.2) is 8.42 Å². The zero-order chi connectivity index (χ0) is 15.0. The van der Waals surface area contributed by atoms with Gasteiger partial charge in [0, 0.05) is 31.4 Å². The number of nitrogens with one attached hydrogen (secondary N) is 1. The molecule has 1 saturated heterocycles. The van der Waals surface area contributed by atoms with Crippen LogP contribution in [0.4, 0.5) is 5.69 Å². The second-order valence-corrected chi connectivity index (χ2v) is 8.68. The van der Waals surface area contributed by atoms with Crippen LogP contribution in [-0.4, -0.2) is 39.1 Å². The Kier molecular flexibility index (Phi) is 3.97. The van der Waals surface area contributed by atoms with Crippen LogP contribution in [0.1, 0.15) is 30.4 Å². The van der Waals surface area contributed by atoms with Crippen molar-refractivity contribution < 1.29 is 8.42 Å². The zero-order valence-electron chi connectivity index (χ0n) is 12.8. The van der Waals surface area contributed by atoms with E-state index < -0.39 is 9.84 Å². The lowest BCUT2D eigenvalue weighted by Gasteiger charge is -2.28. The van der Waals surface area contributed by atoms with Crippen LogP contribution < -0.4 is 10.2 Å². The zero-order valence-corrected chi connectivity index (χ0v) is 13.6. The number of nitrogens with zero attached hydrogens (tertiary/aromatic N) is 1.